The first kappa shape index (κ1) is 12.3. The maximum atomic E-state index is 11.8. The molecule has 0 unspecified atom stereocenters. The van der Waals surface area contributed by atoms with Crippen molar-refractivity contribution in [3.63, 3.8) is 0 Å². The second-order valence-electron chi connectivity index (χ2n) is 3.09. The third-order valence-electron chi connectivity index (χ3n) is 1.85. The fourth-order valence-corrected chi connectivity index (χ4v) is 1.13. The highest BCUT2D eigenvalue weighted by molar-refractivity contribution is 5.29. The summed E-state index contributed by atoms with van der Waals surface area (Å²) in [5.41, 5.74) is 6.19. The number of halogens is 3. The SMILES string of the molecule is N#CC[C@H](N)c1ccc(OC(F)(F)F)cc1. The van der Waals surface area contributed by atoms with Gasteiger partial charge in [-0.2, -0.15) is 5.26 Å². The van der Waals surface area contributed by atoms with Crippen LogP contribution in [0.2, 0.25) is 0 Å². The molecule has 1 rings (SSSR count). The van der Waals surface area contributed by atoms with Gasteiger partial charge in [-0.1, -0.05) is 12.1 Å². The largest absolute Gasteiger partial charge is 0.573 e. The molecule has 3 nitrogen and oxygen atoms in total. The van der Waals surface area contributed by atoms with E-state index >= 15 is 0 Å². The zero-order valence-electron chi connectivity index (χ0n) is 8.16. The van der Waals surface area contributed by atoms with Gasteiger partial charge >= 0.3 is 6.36 Å². The van der Waals surface area contributed by atoms with Gasteiger partial charge in [0.2, 0.25) is 0 Å². The molecule has 6 heteroatoms. The lowest BCUT2D eigenvalue weighted by molar-refractivity contribution is -0.274. The van der Waals surface area contributed by atoms with Crippen molar-refractivity contribution in [2.75, 3.05) is 0 Å². The van der Waals surface area contributed by atoms with E-state index in [1.165, 1.54) is 24.3 Å². The van der Waals surface area contributed by atoms with Gasteiger partial charge in [0.25, 0.3) is 0 Å². The molecule has 16 heavy (non-hydrogen) atoms. The molecule has 0 heterocycles. The Balaban J connectivity index is 2.72. The van der Waals surface area contributed by atoms with Gasteiger partial charge in [0.1, 0.15) is 5.75 Å². The maximum absolute atomic E-state index is 11.8. The fourth-order valence-electron chi connectivity index (χ4n) is 1.13. The predicted octanol–water partition coefficient (Wildman–Crippen LogP) is 2.50. The van der Waals surface area contributed by atoms with Crippen LogP contribution >= 0.6 is 0 Å². The number of benzene rings is 1. The quantitative estimate of drug-likeness (QED) is 0.867. The van der Waals surface area contributed by atoms with Gasteiger partial charge in [-0.15, -0.1) is 13.2 Å². The highest BCUT2D eigenvalue weighted by atomic mass is 19.4. The molecule has 0 aliphatic rings. The molecule has 0 aliphatic heterocycles. The lowest BCUT2D eigenvalue weighted by Crippen LogP contribution is -2.17. The van der Waals surface area contributed by atoms with Crippen LogP contribution in [0.25, 0.3) is 0 Å². The number of ether oxygens (including phenoxy) is 1. The van der Waals surface area contributed by atoms with Crippen molar-refractivity contribution in [2.45, 2.75) is 18.8 Å². The molecule has 0 bridgehead atoms. The van der Waals surface area contributed by atoms with E-state index in [2.05, 4.69) is 4.74 Å². The summed E-state index contributed by atoms with van der Waals surface area (Å²) >= 11 is 0. The van der Waals surface area contributed by atoms with Gasteiger partial charge < -0.3 is 10.5 Å². The Morgan fingerprint density at radius 3 is 2.31 bits per heavy atom. The van der Waals surface area contributed by atoms with E-state index in [9.17, 15) is 13.2 Å². The van der Waals surface area contributed by atoms with Crippen LogP contribution < -0.4 is 10.5 Å². The molecule has 0 amide bonds. The molecule has 0 saturated carbocycles. The highest BCUT2D eigenvalue weighted by Crippen LogP contribution is 2.24. The molecule has 86 valence electrons. The van der Waals surface area contributed by atoms with Gasteiger partial charge in [-0.25, -0.2) is 0 Å². The van der Waals surface area contributed by atoms with Crippen LogP contribution in [-0.4, -0.2) is 6.36 Å². The predicted molar refractivity (Wildman–Crippen MR) is 50.3 cm³/mol. The van der Waals surface area contributed by atoms with Crippen LogP contribution in [0.3, 0.4) is 0 Å². The monoisotopic (exact) mass is 230 g/mol. The van der Waals surface area contributed by atoms with Gasteiger partial charge in [0, 0.05) is 6.04 Å². The number of alkyl halides is 3. The molecule has 0 radical (unpaired) electrons. The molecular formula is C10H9F3N2O. The number of hydrogen-bond donors (Lipinski definition) is 1. The first-order chi connectivity index (χ1) is 7.42. The van der Waals surface area contributed by atoms with Crippen LogP contribution in [-0.2, 0) is 0 Å². The van der Waals surface area contributed by atoms with E-state index in [1.54, 1.807) is 0 Å². The molecule has 0 fully saturated rings. The molecule has 1 atom stereocenters. The lowest BCUT2D eigenvalue weighted by atomic mass is 10.1. The van der Waals surface area contributed by atoms with Gasteiger partial charge in [-0.3, -0.25) is 0 Å². The van der Waals surface area contributed by atoms with Crippen molar-refractivity contribution in [2.24, 2.45) is 5.73 Å². The maximum Gasteiger partial charge on any atom is 0.573 e. The van der Waals surface area contributed by atoms with Crippen LogP contribution in [0, 0.1) is 11.3 Å². The fraction of sp³-hybridized carbons (Fsp3) is 0.300. The van der Waals surface area contributed by atoms with Crippen molar-refractivity contribution >= 4 is 0 Å². The van der Waals surface area contributed by atoms with E-state index < -0.39 is 12.4 Å². The van der Waals surface area contributed by atoms with E-state index in [4.69, 9.17) is 11.0 Å². The topological polar surface area (TPSA) is 59.0 Å². The summed E-state index contributed by atoms with van der Waals surface area (Å²) in [5.74, 6) is -0.305. The molecule has 2 N–H and O–H groups in total. The molecule has 0 saturated heterocycles. The second-order valence-corrected chi connectivity index (χ2v) is 3.09. The summed E-state index contributed by atoms with van der Waals surface area (Å²) in [4.78, 5) is 0. The summed E-state index contributed by atoms with van der Waals surface area (Å²) in [5, 5.41) is 8.40. The number of nitrogens with zero attached hydrogens (tertiary/aromatic N) is 1. The lowest BCUT2D eigenvalue weighted by Gasteiger charge is -2.11. The molecule has 0 aromatic heterocycles. The first-order valence-electron chi connectivity index (χ1n) is 4.40. The molecular weight excluding hydrogens is 221 g/mol. The number of nitriles is 1. The molecule has 0 spiro atoms. The van der Waals surface area contributed by atoms with Crippen LogP contribution in [0.5, 0.6) is 5.75 Å². The first-order valence-corrected chi connectivity index (χ1v) is 4.40. The summed E-state index contributed by atoms with van der Waals surface area (Å²) in [6, 6.07) is 6.53. The Hall–Kier alpha value is -1.74. The van der Waals surface area contributed by atoms with E-state index in [1.807, 2.05) is 6.07 Å². The van der Waals surface area contributed by atoms with Gasteiger partial charge in [0.05, 0.1) is 12.5 Å². The molecule has 1 aromatic rings. The third-order valence-corrected chi connectivity index (χ3v) is 1.85. The minimum Gasteiger partial charge on any atom is -0.406 e. The summed E-state index contributed by atoms with van der Waals surface area (Å²) in [7, 11) is 0. The van der Waals surface area contributed by atoms with Gasteiger partial charge in [0.15, 0.2) is 0 Å². The van der Waals surface area contributed by atoms with Crippen molar-refractivity contribution in [1.29, 1.82) is 5.26 Å². The normalized spacial score (nSPS) is 12.9. The minimum absolute atomic E-state index is 0.111. The zero-order valence-corrected chi connectivity index (χ0v) is 8.16. The average molecular weight is 230 g/mol. The standard InChI is InChI=1S/C10H9F3N2O/c11-10(12,13)16-8-3-1-7(2-4-8)9(15)5-6-14/h1-4,9H,5,15H2/t9-/m0/s1. The van der Waals surface area contributed by atoms with E-state index in [0.717, 1.165) is 0 Å². The Bertz CT molecular complexity index is 381. The van der Waals surface area contributed by atoms with E-state index in [0.29, 0.717) is 5.56 Å². The Kier molecular flexibility index (Phi) is 3.74. The van der Waals surface area contributed by atoms with Crippen LogP contribution in [0.4, 0.5) is 13.2 Å². The summed E-state index contributed by atoms with van der Waals surface area (Å²) in [6.07, 6.45) is -4.59. The van der Waals surface area contributed by atoms with Crippen molar-refractivity contribution in [3.8, 4) is 11.8 Å². The Morgan fingerprint density at radius 2 is 1.88 bits per heavy atom. The van der Waals surface area contributed by atoms with Crippen LogP contribution in [0.1, 0.15) is 18.0 Å². The van der Waals surface area contributed by atoms with E-state index in [-0.39, 0.29) is 12.2 Å². The number of hydrogen-bond acceptors (Lipinski definition) is 3. The number of nitrogens with two attached hydrogens (primary N) is 1. The average Bonchev–Trinajstić information content (AvgIpc) is 2.16. The summed E-state index contributed by atoms with van der Waals surface area (Å²) < 4.78 is 39.2. The Labute approximate surface area is 90.2 Å². The zero-order chi connectivity index (χ0) is 12.2. The van der Waals surface area contributed by atoms with Crippen molar-refractivity contribution in [3.05, 3.63) is 29.8 Å². The number of rotatable bonds is 3. The highest BCUT2D eigenvalue weighted by Gasteiger charge is 2.30. The van der Waals surface area contributed by atoms with Crippen LogP contribution in [0.15, 0.2) is 24.3 Å². The third kappa shape index (κ3) is 3.79. The smallest absolute Gasteiger partial charge is 0.406 e. The minimum atomic E-state index is -4.70. The van der Waals surface area contributed by atoms with Crippen molar-refractivity contribution in [1.82, 2.24) is 0 Å². The molecule has 1 aromatic carbocycles. The summed E-state index contributed by atoms with van der Waals surface area (Å²) in [6.45, 7) is 0. The van der Waals surface area contributed by atoms with Gasteiger partial charge in [-0.05, 0) is 17.7 Å². The molecule has 0 aliphatic carbocycles. The Morgan fingerprint density at radius 1 is 1.31 bits per heavy atom. The second kappa shape index (κ2) is 4.86. The van der Waals surface area contributed by atoms with Crippen molar-refractivity contribution < 1.29 is 17.9 Å².